The summed E-state index contributed by atoms with van der Waals surface area (Å²) in [6.45, 7) is 1.71. The molecule has 0 aliphatic carbocycles. The van der Waals surface area contributed by atoms with Crippen molar-refractivity contribution in [2.75, 3.05) is 17.3 Å². The van der Waals surface area contributed by atoms with Crippen molar-refractivity contribution in [2.24, 2.45) is 5.73 Å². The molecule has 0 saturated carbocycles. The van der Waals surface area contributed by atoms with Crippen LogP contribution in [0.3, 0.4) is 0 Å². The van der Waals surface area contributed by atoms with Crippen molar-refractivity contribution < 1.29 is 17.6 Å². The van der Waals surface area contributed by atoms with Crippen LogP contribution in [0.5, 0.6) is 0 Å². The third-order valence-corrected chi connectivity index (χ3v) is 4.25. The maximum absolute atomic E-state index is 13.4. The van der Waals surface area contributed by atoms with E-state index < -0.39 is 27.6 Å². The Morgan fingerprint density at radius 2 is 2.10 bits per heavy atom. The number of rotatable bonds is 5. The van der Waals surface area contributed by atoms with Gasteiger partial charge in [0.2, 0.25) is 5.91 Å². The second-order valence-electron chi connectivity index (χ2n) is 4.60. The molecule has 1 aromatic rings. The van der Waals surface area contributed by atoms with Crippen molar-refractivity contribution >= 4 is 37.4 Å². The minimum atomic E-state index is -3.17. The van der Waals surface area contributed by atoms with Gasteiger partial charge in [0.05, 0.1) is 16.3 Å². The Morgan fingerprint density at radius 1 is 1.50 bits per heavy atom. The molecule has 1 rings (SSSR count). The van der Waals surface area contributed by atoms with Crippen molar-refractivity contribution in [3.63, 3.8) is 0 Å². The molecule has 0 aliphatic heterocycles. The highest BCUT2D eigenvalue weighted by atomic mass is 79.9. The Balaban J connectivity index is 2.73. The topological polar surface area (TPSA) is 89.3 Å². The van der Waals surface area contributed by atoms with Crippen LogP contribution in [0.4, 0.5) is 10.1 Å². The molecule has 0 aromatic heterocycles. The Bertz CT molecular complexity index is 619. The zero-order chi connectivity index (χ0) is 15.5. The third kappa shape index (κ3) is 5.18. The average molecular weight is 367 g/mol. The summed E-state index contributed by atoms with van der Waals surface area (Å²) >= 11 is 3.04. The molecule has 5 nitrogen and oxygen atoms in total. The van der Waals surface area contributed by atoms with Gasteiger partial charge in [0.15, 0.2) is 0 Å². The fourth-order valence-electron chi connectivity index (χ4n) is 1.48. The summed E-state index contributed by atoms with van der Waals surface area (Å²) in [5.74, 6) is -1.22. The third-order valence-electron chi connectivity index (χ3n) is 2.66. The fraction of sp³-hybridized carbons (Fsp3) is 0.417. The van der Waals surface area contributed by atoms with Gasteiger partial charge < -0.3 is 11.1 Å². The van der Waals surface area contributed by atoms with E-state index in [0.717, 1.165) is 6.26 Å². The van der Waals surface area contributed by atoms with E-state index in [9.17, 15) is 17.6 Å². The molecular formula is C12H16BrFN2O3S. The first kappa shape index (κ1) is 17.1. The lowest BCUT2D eigenvalue weighted by atomic mass is 10.1. The van der Waals surface area contributed by atoms with Gasteiger partial charge in [-0.15, -0.1) is 0 Å². The first-order valence-electron chi connectivity index (χ1n) is 5.80. The van der Waals surface area contributed by atoms with Gasteiger partial charge in [0.1, 0.15) is 15.7 Å². The number of aryl methyl sites for hydroxylation is 1. The number of halogens is 2. The maximum atomic E-state index is 13.4. The predicted octanol–water partition coefficient (Wildman–Crippen LogP) is 1.60. The molecule has 8 heteroatoms. The van der Waals surface area contributed by atoms with Crippen molar-refractivity contribution in [3.8, 4) is 0 Å². The van der Waals surface area contributed by atoms with Crippen LogP contribution in [-0.4, -0.2) is 32.4 Å². The van der Waals surface area contributed by atoms with Gasteiger partial charge >= 0.3 is 0 Å². The normalized spacial score (nSPS) is 13.1. The standard InChI is InChI=1S/C12H16BrFN2O3S/c1-7-5-8(13)9(14)6-11(7)16-12(17)10(15)3-4-20(2,18)19/h5-6,10H,3-4,15H2,1-2H3,(H,16,17). The number of carbonyl (C=O) groups is 1. The first-order chi connectivity index (χ1) is 9.10. The SMILES string of the molecule is Cc1cc(Br)c(F)cc1NC(=O)C(N)CCS(C)(=O)=O. The van der Waals surface area contributed by atoms with Crippen LogP contribution >= 0.6 is 15.9 Å². The van der Waals surface area contributed by atoms with Crippen LogP contribution < -0.4 is 11.1 Å². The molecule has 1 aromatic carbocycles. The van der Waals surface area contributed by atoms with Gasteiger partial charge in [-0.2, -0.15) is 0 Å². The van der Waals surface area contributed by atoms with E-state index in [1.807, 2.05) is 0 Å². The molecule has 0 saturated heterocycles. The lowest BCUT2D eigenvalue weighted by Crippen LogP contribution is -2.37. The zero-order valence-corrected chi connectivity index (χ0v) is 13.5. The molecule has 0 fully saturated rings. The number of anilines is 1. The largest absolute Gasteiger partial charge is 0.324 e. The van der Waals surface area contributed by atoms with Gasteiger partial charge in [-0.05, 0) is 47.0 Å². The molecular weight excluding hydrogens is 351 g/mol. The summed E-state index contributed by atoms with van der Waals surface area (Å²) in [6.07, 6.45) is 1.09. The fourth-order valence-corrected chi connectivity index (χ4v) is 2.62. The Hall–Kier alpha value is -0.990. The smallest absolute Gasteiger partial charge is 0.241 e. The highest BCUT2D eigenvalue weighted by Crippen LogP contribution is 2.24. The molecule has 1 unspecified atom stereocenters. The van der Waals surface area contributed by atoms with E-state index in [4.69, 9.17) is 5.73 Å². The second-order valence-corrected chi connectivity index (χ2v) is 7.71. The van der Waals surface area contributed by atoms with Gasteiger partial charge in [-0.3, -0.25) is 4.79 Å². The molecule has 3 N–H and O–H groups in total. The van der Waals surface area contributed by atoms with E-state index >= 15 is 0 Å². The van der Waals surface area contributed by atoms with Crippen molar-refractivity contribution in [1.82, 2.24) is 0 Å². The number of sulfone groups is 1. The minimum Gasteiger partial charge on any atom is -0.324 e. The van der Waals surface area contributed by atoms with E-state index in [-0.39, 0.29) is 12.2 Å². The van der Waals surface area contributed by atoms with Crippen LogP contribution in [0, 0.1) is 12.7 Å². The quantitative estimate of drug-likeness (QED) is 0.827. The van der Waals surface area contributed by atoms with Gasteiger partial charge in [-0.25, -0.2) is 12.8 Å². The number of benzene rings is 1. The number of nitrogens with two attached hydrogens (primary N) is 1. The predicted molar refractivity (Wildman–Crippen MR) is 79.8 cm³/mol. The molecule has 1 amide bonds. The molecule has 112 valence electrons. The second kappa shape index (κ2) is 6.64. The Kier molecular flexibility index (Phi) is 5.67. The van der Waals surface area contributed by atoms with E-state index in [1.54, 1.807) is 6.92 Å². The maximum Gasteiger partial charge on any atom is 0.241 e. The highest BCUT2D eigenvalue weighted by Gasteiger charge is 2.17. The Labute approximate surface area is 125 Å². The molecule has 1 atom stereocenters. The number of hydrogen-bond acceptors (Lipinski definition) is 4. The molecule has 0 spiro atoms. The van der Waals surface area contributed by atoms with Gasteiger partial charge in [-0.1, -0.05) is 0 Å². The van der Waals surface area contributed by atoms with Crippen LogP contribution in [0.1, 0.15) is 12.0 Å². The number of amides is 1. The lowest BCUT2D eigenvalue weighted by molar-refractivity contribution is -0.117. The molecule has 0 heterocycles. The van der Waals surface area contributed by atoms with Crippen LogP contribution in [0.25, 0.3) is 0 Å². The van der Waals surface area contributed by atoms with Crippen molar-refractivity contribution in [2.45, 2.75) is 19.4 Å². The number of hydrogen-bond donors (Lipinski definition) is 2. The molecule has 20 heavy (non-hydrogen) atoms. The summed E-state index contributed by atoms with van der Waals surface area (Å²) in [7, 11) is -3.17. The average Bonchev–Trinajstić information content (AvgIpc) is 2.31. The summed E-state index contributed by atoms with van der Waals surface area (Å²) in [6, 6.07) is 1.75. The minimum absolute atomic E-state index is 0.0166. The lowest BCUT2D eigenvalue weighted by Gasteiger charge is -2.14. The summed E-state index contributed by atoms with van der Waals surface area (Å²) in [4.78, 5) is 11.8. The van der Waals surface area contributed by atoms with Crippen LogP contribution in [0.2, 0.25) is 0 Å². The van der Waals surface area contributed by atoms with Crippen LogP contribution in [0.15, 0.2) is 16.6 Å². The first-order valence-corrected chi connectivity index (χ1v) is 8.65. The molecule has 0 bridgehead atoms. The molecule has 0 radical (unpaired) electrons. The summed E-state index contributed by atoms with van der Waals surface area (Å²) < 4.78 is 35.7. The van der Waals surface area contributed by atoms with Gasteiger partial charge in [0, 0.05) is 11.9 Å². The molecule has 0 aliphatic rings. The highest BCUT2D eigenvalue weighted by molar-refractivity contribution is 9.10. The summed E-state index contributed by atoms with van der Waals surface area (Å²) in [5.41, 5.74) is 6.59. The van der Waals surface area contributed by atoms with Gasteiger partial charge in [0.25, 0.3) is 0 Å². The number of nitrogens with one attached hydrogen (secondary N) is 1. The van der Waals surface area contributed by atoms with E-state index in [0.29, 0.717) is 15.7 Å². The van der Waals surface area contributed by atoms with Crippen molar-refractivity contribution in [3.05, 3.63) is 28.0 Å². The van der Waals surface area contributed by atoms with Crippen LogP contribution in [-0.2, 0) is 14.6 Å². The monoisotopic (exact) mass is 366 g/mol. The summed E-state index contributed by atoms with van der Waals surface area (Å²) in [5, 5.41) is 2.49. The van der Waals surface area contributed by atoms with Crippen molar-refractivity contribution in [1.29, 1.82) is 0 Å². The van der Waals surface area contributed by atoms with E-state index in [2.05, 4.69) is 21.2 Å². The zero-order valence-electron chi connectivity index (χ0n) is 11.1. The Morgan fingerprint density at radius 3 is 2.65 bits per heavy atom. The van der Waals surface area contributed by atoms with E-state index in [1.165, 1.54) is 12.1 Å². The number of carbonyl (C=O) groups excluding carboxylic acids is 1.